The van der Waals surface area contributed by atoms with Crippen LogP contribution in [0.4, 0.5) is 0 Å². The summed E-state index contributed by atoms with van der Waals surface area (Å²) in [6.07, 6.45) is 8.34. The molecule has 112 valence electrons. The highest BCUT2D eigenvalue weighted by Crippen LogP contribution is 2.31. The normalized spacial score (nSPS) is 35.2. The molecular formula is C16H33N3. The summed E-state index contributed by atoms with van der Waals surface area (Å²) in [6.45, 7) is 7.40. The zero-order valence-electron chi connectivity index (χ0n) is 13.2. The SMILES string of the molecule is CCCC1CCC(NC)C(N2CCCN(C)CC2)C1. The van der Waals surface area contributed by atoms with Crippen molar-refractivity contribution in [1.29, 1.82) is 0 Å². The first kappa shape index (κ1) is 15.3. The second-order valence-electron chi connectivity index (χ2n) is 6.62. The summed E-state index contributed by atoms with van der Waals surface area (Å²) < 4.78 is 0. The first-order chi connectivity index (χ1) is 9.24. The third-order valence-corrected chi connectivity index (χ3v) is 5.22. The first-order valence-electron chi connectivity index (χ1n) is 8.34. The van der Waals surface area contributed by atoms with Gasteiger partial charge in [0.2, 0.25) is 0 Å². The van der Waals surface area contributed by atoms with Gasteiger partial charge in [-0.3, -0.25) is 4.90 Å². The molecule has 1 saturated carbocycles. The third kappa shape index (κ3) is 4.17. The Labute approximate surface area is 119 Å². The highest BCUT2D eigenvalue weighted by molar-refractivity contribution is 4.91. The van der Waals surface area contributed by atoms with Crippen LogP contribution in [-0.4, -0.2) is 62.2 Å². The minimum atomic E-state index is 0.719. The summed E-state index contributed by atoms with van der Waals surface area (Å²) in [6, 6.07) is 1.50. The maximum atomic E-state index is 3.59. The molecular weight excluding hydrogens is 234 g/mol. The lowest BCUT2D eigenvalue weighted by molar-refractivity contribution is 0.100. The molecule has 1 aliphatic heterocycles. The predicted molar refractivity (Wildman–Crippen MR) is 82.6 cm³/mol. The molecule has 0 amide bonds. The molecule has 0 spiro atoms. The van der Waals surface area contributed by atoms with Crippen LogP contribution in [0.5, 0.6) is 0 Å². The summed E-state index contributed by atoms with van der Waals surface area (Å²) in [4.78, 5) is 5.27. The van der Waals surface area contributed by atoms with E-state index in [1.165, 1.54) is 64.7 Å². The van der Waals surface area contributed by atoms with E-state index in [9.17, 15) is 0 Å². The number of hydrogen-bond donors (Lipinski definition) is 1. The molecule has 1 N–H and O–H groups in total. The zero-order valence-corrected chi connectivity index (χ0v) is 13.2. The molecule has 2 rings (SSSR count). The standard InChI is InChI=1S/C16H33N3/c1-4-6-14-7-8-15(17-2)16(13-14)19-10-5-9-18(3)11-12-19/h14-17H,4-13H2,1-3H3. The molecule has 0 bridgehead atoms. The van der Waals surface area contributed by atoms with E-state index in [0.717, 1.165) is 18.0 Å². The van der Waals surface area contributed by atoms with Crippen molar-refractivity contribution in [3.8, 4) is 0 Å². The van der Waals surface area contributed by atoms with Gasteiger partial charge in [-0.15, -0.1) is 0 Å². The highest BCUT2D eigenvalue weighted by atomic mass is 15.2. The maximum Gasteiger partial charge on any atom is 0.0252 e. The lowest BCUT2D eigenvalue weighted by atomic mass is 9.79. The first-order valence-corrected chi connectivity index (χ1v) is 8.34. The average Bonchev–Trinajstić information content (AvgIpc) is 2.64. The van der Waals surface area contributed by atoms with Gasteiger partial charge in [0.25, 0.3) is 0 Å². The fourth-order valence-electron chi connectivity index (χ4n) is 4.04. The van der Waals surface area contributed by atoms with E-state index < -0.39 is 0 Å². The Morgan fingerprint density at radius 3 is 2.68 bits per heavy atom. The third-order valence-electron chi connectivity index (χ3n) is 5.22. The smallest absolute Gasteiger partial charge is 0.0252 e. The lowest BCUT2D eigenvalue weighted by Crippen LogP contribution is -2.53. The monoisotopic (exact) mass is 267 g/mol. The quantitative estimate of drug-likeness (QED) is 0.842. The van der Waals surface area contributed by atoms with Crippen LogP contribution in [0.15, 0.2) is 0 Å². The van der Waals surface area contributed by atoms with Crippen LogP contribution in [0.1, 0.15) is 45.4 Å². The van der Waals surface area contributed by atoms with Gasteiger partial charge >= 0.3 is 0 Å². The van der Waals surface area contributed by atoms with Gasteiger partial charge < -0.3 is 10.2 Å². The molecule has 1 saturated heterocycles. The van der Waals surface area contributed by atoms with Crippen molar-refractivity contribution in [2.45, 2.75) is 57.5 Å². The van der Waals surface area contributed by atoms with Crippen LogP contribution in [0.2, 0.25) is 0 Å². The fourth-order valence-corrected chi connectivity index (χ4v) is 4.04. The molecule has 1 heterocycles. The summed E-state index contributed by atoms with van der Waals surface area (Å²) in [5.41, 5.74) is 0. The molecule has 3 atom stereocenters. The number of rotatable bonds is 4. The van der Waals surface area contributed by atoms with Crippen LogP contribution in [0, 0.1) is 5.92 Å². The van der Waals surface area contributed by atoms with Gasteiger partial charge in [-0.25, -0.2) is 0 Å². The Bertz CT molecular complexity index is 256. The van der Waals surface area contributed by atoms with Gasteiger partial charge in [-0.05, 0) is 58.8 Å². The molecule has 3 heteroatoms. The van der Waals surface area contributed by atoms with Gasteiger partial charge in [0.05, 0.1) is 0 Å². The number of hydrogen-bond acceptors (Lipinski definition) is 3. The molecule has 0 aromatic rings. The molecule has 0 aromatic carbocycles. The van der Waals surface area contributed by atoms with Crippen molar-refractivity contribution in [2.75, 3.05) is 40.3 Å². The van der Waals surface area contributed by atoms with E-state index >= 15 is 0 Å². The fraction of sp³-hybridized carbons (Fsp3) is 1.00. The Hall–Kier alpha value is -0.120. The second-order valence-corrected chi connectivity index (χ2v) is 6.62. The summed E-state index contributed by atoms with van der Waals surface area (Å²) >= 11 is 0. The second kappa shape index (κ2) is 7.61. The number of nitrogens with one attached hydrogen (secondary N) is 1. The summed E-state index contributed by atoms with van der Waals surface area (Å²) in [5, 5.41) is 3.59. The van der Waals surface area contributed by atoms with Crippen LogP contribution in [0.25, 0.3) is 0 Å². The van der Waals surface area contributed by atoms with Crippen molar-refractivity contribution < 1.29 is 0 Å². The molecule has 3 unspecified atom stereocenters. The molecule has 2 aliphatic rings. The molecule has 0 radical (unpaired) electrons. The van der Waals surface area contributed by atoms with Crippen molar-refractivity contribution in [3.63, 3.8) is 0 Å². The largest absolute Gasteiger partial charge is 0.315 e. The molecule has 19 heavy (non-hydrogen) atoms. The van der Waals surface area contributed by atoms with E-state index in [4.69, 9.17) is 0 Å². The predicted octanol–water partition coefficient (Wildman–Crippen LogP) is 2.18. The van der Waals surface area contributed by atoms with Crippen molar-refractivity contribution in [2.24, 2.45) is 5.92 Å². The molecule has 1 aliphatic carbocycles. The number of nitrogens with zero attached hydrogens (tertiary/aromatic N) is 2. The molecule has 3 nitrogen and oxygen atoms in total. The van der Waals surface area contributed by atoms with E-state index in [1.54, 1.807) is 0 Å². The van der Waals surface area contributed by atoms with E-state index in [1.807, 2.05) is 0 Å². The maximum absolute atomic E-state index is 3.59. The van der Waals surface area contributed by atoms with Crippen molar-refractivity contribution >= 4 is 0 Å². The Morgan fingerprint density at radius 1 is 1.11 bits per heavy atom. The van der Waals surface area contributed by atoms with Gasteiger partial charge in [0.1, 0.15) is 0 Å². The highest BCUT2D eigenvalue weighted by Gasteiger charge is 2.33. The van der Waals surface area contributed by atoms with Gasteiger partial charge in [0.15, 0.2) is 0 Å². The molecule has 0 aromatic heterocycles. The minimum Gasteiger partial charge on any atom is -0.315 e. The Kier molecular flexibility index (Phi) is 6.11. The van der Waals surface area contributed by atoms with Gasteiger partial charge in [0, 0.05) is 25.2 Å². The van der Waals surface area contributed by atoms with Crippen LogP contribution >= 0.6 is 0 Å². The number of likely N-dealkylation sites (N-methyl/N-ethyl adjacent to an activating group) is 2. The minimum absolute atomic E-state index is 0.719. The van der Waals surface area contributed by atoms with Crippen molar-refractivity contribution in [3.05, 3.63) is 0 Å². The van der Waals surface area contributed by atoms with E-state index in [2.05, 4.69) is 36.1 Å². The van der Waals surface area contributed by atoms with E-state index in [-0.39, 0.29) is 0 Å². The topological polar surface area (TPSA) is 18.5 Å². The Balaban J connectivity index is 1.96. The van der Waals surface area contributed by atoms with Crippen LogP contribution in [0.3, 0.4) is 0 Å². The van der Waals surface area contributed by atoms with Gasteiger partial charge in [-0.2, -0.15) is 0 Å². The summed E-state index contributed by atoms with van der Waals surface area (Å²) in [5.74, 6) is 0.973. The lowest BCUT2D eigenvalue weighted by Gasteiger charge is -2.42. The van der Waals surface area contributed by atoms with Crippen LogP contribution in [-0.2, 0) is 0 Å². The van der Waals surface area contributed by atoms with E-state index in [0.29, 0.717) is 0 Å². The summed E-state index contributed by atoms with van der Waals surface area (Å²) in [7, 11) is 4.42. The Morgan fingerprint density at radius 2 is 1.95 bits per heavy atom. The molecule has 2 fully saturated rings. The average molecular weight is 267 g/mol. The van der Waals surface area contributed by atoms with Crippen LogP contribution < -0.4 is 5.32 Å². The van der Waals surface area contributed by atoms with Gasteiger partial charge in [-0.1, -0.05) is 19.8 Å². The van der Waals surface area contributed by atoms with Crippen molar-refractivity contribution in [1.82, 2.24) is 15.1 Å². The zero-order chi connectivity index (χ0) is 13.7.